The molecular formula is C11H20Cl2N4O. The van der Waals surface area contributed by atoms with Crippen LogP contribution >= 0.6 is 24.8 Å². The summed E-state index contributed by atoms with van der Waals surface area (Å²) in [7, 11) is 1.60. The molecule has 0 heterocycles. The lowest BCUT2D eigenvalue weighted by Crippen LogP contribution is -2.23. The summed E-state index contributed by atoms with van der Waals surface area (Å²) in [6, 6.07) is 5.68. The monoisotopic (exact) mass is 294 g/mol. The van der Waals surface area contributed by atoms with E-state index < -0.39 is 0 Å². The third kappa shape index (κ3) is 5.00. The summed E-state index contributed by atoms with van der Waals surface area (Å²) >= 11 is 0. The van der Waals surface area contributed by atoms with Crippen molar-refractivity contribution in [1.82, 2.24) is 0 Å². The third-order valence-electron chi connectivity index (χ3n) is 2.11. The van der Waals surface area contributed by atoms with E-state index in [1.54, 1.807) is 7.11 Å². The normalized spacial score (nSPS) is 10.1. The molecule has 0 aliphatic carbocycles. The number of rotatable bonds is 4. The fourth-order valence-corrected chi connectivity index (χ4v) is 1.43. The molecule has 0 aliphatic rings. The average Bonchev–Trinajstić information content (AvgIpc) is 2.29. The second-order valence-corrected chi connectivity index (χ2v) is 3.19. The molecule has 0 atom stereocenters. The van der Waals surface area contributed by atoms with E-state index in [0.717, 1.165) is 11.3 Å². The molecule has 0 amide bonds. The van der Waals surface area contributed by atoms with E-state index in [0.29, 0.717) is 24.8 Å². The third-order valence-corrected chi connectivity index (χ3v) is 2.11. The molecule has 0 radical (unpaired) electrons. The Bertz CT molecular complexity index is 385. The number of halogens is 2. The quantitative estimate of drug-likeness (QED) is 0.583. The minimum atomic E-state index is 0. The van der Waals surface area contributed by atoms with E-state index in [-0.39, 0.29) is 24.8 Å². The van der Waals surface area contributed by atoms with Crippen molar-refractivity contribution in [3.8, 4) is 5.75 Å². The van der Waals surface area contributed by atoms with Gasteiger partial charge >= 0.3 is 0 Å². The number of anilines is 1. The number of benzene rings is 1. The molecule has 0 saturated carbocycles. The Balaban J connectivity index is 0. The summed E-state index contributed by atoms with van der Waals surface area (Å²) in [5, 5.41) is 2.98. The van der Waals surface area contributed by atoms with Crippen molar-refractivity contribution in [2.75, 3.05) is 19.0 Å². The van der Waals surface area contributed by atoms with Crippen LogP contribution in [0.25, 0.3) is 0 Å². The van der Waals surface area contributed by atoms with E-state index in [2.05, 4.69) is 10.3 Å². The van der Waals surface area contributed by atoms with E-state index >= 15 is 0 Å². The van der Waals surface area contributed by atoms with Crippen LogP contribution in [-0.4, -0.2) is 19.6 Å². The van der Waals surface area contributed by atoms with Gasteiger partial charge < -0.3 is 21.5 Å². The maximum Gasteiger partial charge on any atom is 0.193 e. The topological polar surface area (TPSA) is 85.7 Å². The highest BCUT2D eigenvalue weighted by atomic mass is 35.5. The lowest BCUT2D eigenvalue weighted by Gasteiger charge is -2.13. The van der Waals surface area contributed by atoms with Gasteiger partial charge in [-0.15, -0.1) is 24.8 Å². The second kappa shape index (κ2) is 9.82. The van der Waals surface area contributed by atoms with Crippen LogP contribution in [0.2, 0.25) is 0 Å². The Morgan fingerprint density at radius 3 is 2.56 bits per heavy atom. The highest BCUT2D eigenvalue weighted by molar-refractivity contribution is 5.93. The molecule has 0 saturated heterocycles. The number of hydrogen-bond donors (Lipinski definition) is 3. The second-order valence-electron chi connectivity index (χ2n) is 3.19. The van der Waals surface area contributed by atoms with Crippen LogP contribution in [0.3, 0.4) is 0 Å². The number of methoxy groups -OCH3 is 1. The van der Waals surface area contributed by atoms with Crippen molar-refractivity contribution in [1.29, 1.82) is 0 Å². The first-order valence-electron chi connectivity index (χ1n) is 5.15. The highest BCUT2D eigenvalue weighted by Crippen LogP contribution is 2.28. The van der Waals surface area contributed by atoms with E-state index in [1.807, 2.05) is 25.1 Å². The summed E-state index contributed by atoms with van der Waals surface area (Å²) in [5.41, 5.74) is 13.0. The largest absolute Gasteiger partial charge is 0.494 e. The van der Waals surface area contributed by atoms with Crippen LogP contribution in [0.5, 0.6) is 5.75 Å². The Morgan fingerprint density at radius 2 is 2.06 bits per heavy atom. The van der Waals surface area contributed by atoms with Crippen LogP contribution in [0, 0.1) is 0 Å². The number of guanidine groups is 1. The Labute approximate surface area is 120 Å². The van der Waals surface area contributed by atoms with Gasteiger partial charge in [-0.25, -0.2) is 0 Å². The first kappa shape index (κ1) is 19.2. The minimum Gasteiger partial charge on any atom is -0.494 e. The maximum atomic E-state index is 5.68. The number of nitrogens with one attached hydrogen (secondary N) is 1. The summed E-state index contributed by atoms with van der Waals surface area (Å²) in [6.45, 7) is 2.98. The van der Waals surface area contributed by atoms with Gasteiger partial charge in [0.15, 0.2) is 5.96 Å². The first-order chi connectivity index (χ1) is 7.72. The summed E-state index contributed by atoms with van der Waals surface area (Å²) < 4.78 is 5.29. The zero-order valence-corrected chi connectivity index (χ0v) is 12.1. The van der Waals surface area contributed by atoms with Crippen molar-refractivity contribution < 1.29 is 4.74 Å². The molecule has 5 N–H and O–H groups in total. The van der Waals surface area contributed by atoms with Crippen molar-refractivity contribution in [3.05, 3.63) is 23.8 Å². The van der Waals surface area contributed by atoms with Crippen molar-refractivity contribution in [2.45, 2.75) is 13.5 Å². The van der Waals surface area contributed by atoms with Crippen LogP contribution in [0.4, 0.5) is 5.69 Å². The molecule has 1 aromatic rings. The lowest BCUT2D eigenvalue weighted by molar-refractivity contribution is 0.412. The molecule has 0 spiro atoms. The van der Waals surface area contributed by atoms with E-state index in [1.165, 1.54) is 0 Å². The molecule has 1 aromatic carbocycles. The van der Waals surface area contributed by atoms with Gasteiger partial charge in [-0.1, -0.05) is 12.1 Å². The van der Waals surface area contributed by atoms with Gasteiger partial charge in [0.05, 0.1) is 12.8 Å². The Hall–Kier alpha value is -1.17. The fourth-order valence-electron chi connectivity index (χ4n) is 1.43. The molecular weight excluding hydrogens is 275 g/mol. The number of nitrogens with zero attached hydrogens (tertiary/aromatic N) is 1. The Morgan fingerprint density at radius 1 is 1.39 bits per heavy atom. The molecule has 7 heteroatoms. The number of hydrogen-bond acceptors (Lipinski definition) is 3. The number of para-hydroxylation sites is 1. The Kier molecular flexibility index (Phi) is 10.5. The van der Waals surface area contributed by atoms with Crippen molar-refractivity contribution >= 4 is 36.5 Å². The molecule has 18 heavy (non-hydrogen) atoms. The summed E-state index contributed by atoms with van der Waals surface area (Å²) in [5.74, 6) is 1.08. The van der Waals surface area contributed by atoms with Gasteiger partial charge in [0.2, 0.25) is 0 Å². The van der Waals surface area contributed by atoms with E-state index in [4.69, 9.17) is 16.2 Å². The standard InChI is InChI=1S/C11H18N4O.2ClH/c1-3-14-11(13)15-9-6-4-5-8(7-12)10(9)16-2;;/h4-6H,3,7,12H2,1-2H3,(H3,13,14,15);2*1H. The van der Waals surface area contributed by atoms with E-state index in [9.17, 15) is 0 Å². The van der Waals surface area contributed by atoms with Gasteiger partial charge in [-0.05, 0) is 13.0 Å². The minimum absolute atomic E-state index is 0. The zero-order chi connectivity index (χ0) is 12.0. The molecule has 0 aromatic heterocycles. The van der Waals surface area contributed by atoms with Gasteiger partial charge in [0.1, 0.15) is 5.75 Å². The number of ether oxygens (including phenoxy) is 1. The molecule has 0 fully saturated rings. The van der Waals surface area contributed by atoms with Gasteiger partial charge in [-0.3, -0.25) is 4.99 Å². The van der Waals surface area contributed by atoms with Gasteiger partial charge in [0.25, 0.3) is 0 Å². The number of aliphatic imine (C=N–C) groups is 1. The fraction of sp³-hybridized carbons (Fsp3) is 0.364. The predicted octanol–water partition coefficient (Wildman–Crippen LogP) is 1.74. The zero-order valence-electron chi connectivity index (χ0n) is 10.5. The first-order valence-corrected chi connectivity index (χ1v) is 5.15. The molecule has 0 bridgehead atoms. The van der Waals surface area contributed by atoms with Crippen LogP contribution < -0.4 is 21.5 Å². The molecule has 0 unspecified atom stereocenters. The maximum absolute atomic E-state index is 5.68. The summed E-state index contributed by atoms with van der Waals surface area (Å²) in [4.78, 5) is 4.05. The van der Waals surface area contributed by atoms with Crippen molar-refractivity contribution in [3.63, 3.8) is 0 Å². The van der Waals surface area contributed by atoms with Gasteiger partial charge in [-0.2, -0.15) is 0 Å². The summed E-state index contributed by atoms with van der Waals surface area (Å²) in [6.07, 6.45) is 0. The van der Waals surface area contributed by atoms with Crippen LogP contribution in [-0.2, 0) is 6.54 Å². The molecule has 5 nitrogen and oxygen atoms in total. The number of nitrogens with two attached hydrogens (primary N) is 2. The highest BCUT2D eigenvalue weighted by Gasteiger charge is 2.07. The van der Waals surface area contributed by atoms with Gasteiger partial charge in [0, 0.05) is 18.7 Å². The smallest absolute Gasteiger partial charge is 0.193 e. The van der Waals surface area contributed by atoms with Crippen molar-refractivity contribution in [2.24, 2.45) is 16.5 Å². The lowest BCUT2D eigenvalue weighted by atomic mass is 10.1. The molecule has 1 rings (SSSR count). The molecule has 0 aliphatic heterocycles. The van der Waals surface area contributed by atoms with Crippen LogP contribution in [0.15, 0.2) is 23.2 Å². The SMILES string of the molecule is CCN=C(N)Nc1cccc(CN)c1OC.Cl.Cl. The molecule has 104 valence electrons. The van der Waals surface area contributed by atoms with Crippen LogP contribution in [0.1, 0.15) is 12.5 Å². The predicted molar refractivity (Wildman–Crippen MR) is 81.2 cm³/mol. The average molecular weight is 295 g/mol.